The van der Waals surface area contributed by atoms with E-state index in [1.165, 1.54) is 0 Å². The van der Waals surface area contributed by atoms with E-state index >= 15 is 0 Å². The maximum absolute atomic E-state index is 12.9. The standard InChI is InChI=1S/C22H33N5O2S.HI/c1-4-19(16-30(28,29)20-9-7-6-8-10-20)25-22(24-5-2)26-13-11-18(3)21(15-26)27-14-12-23-17-27;/h6-10,12,14,17-19,21H,4-5,11,13,15-16H2,1-3H3,(H,24,25);1H. The van der Waals surface area contributed by atoms with Crippen molar-refractivity contribution < 1.29 is 8.42 Å². The summed E-state index contributed by atoms with van der Waals surface area (Å²) in [6.07, 6.45) is 7.44. The van der Waals surface area contributed by atoms with Gasteiger partial charge in [-0.3, -0.25) is 4.99 Å². The summed E-state index contributed by atoms with van der Waals surface area (Å²) in [4.78, 5) is 11.5. The van der Waals surface area contributed by atoms with Gasteiger partial charge in [-0.15, -0.1) is 24.0 Å². The minimum Gasteiger partial charge on any atom is -0.352 e. The van der Waals surface area contributed by atoms with E-state index in [0.717, 1.165) is 25.5 Å². The Morgan fingerprint density at radius 1 is 1.29 bits per heavy atom. The summed E-state index contributed by atoms with van der Waals surface area (Å²) < 4.78 is 27.9. The van der Waals surface area contributed by atoms with E-state index < -0.39 is 9.84 Å². The maximum atomic E-state index is 12.9. The molecule has 2 heterocycles. The molecule has 31 heavy (non-hydrogen) atoms. The van der Waals surface area contributed by atoms with Gasteiger partial charge in [0.2, 0.25) is 0 Å². The predicted octanol–water partition coefficient (Wildman–Crippen LogP) is 3.60. The van der Waals surface area contributed by atoms with Crippen LogP contribution < -0.4 is 5.32 Å². The first-order valence-corrected chi connectivity index (χ1v) is 12.4. The summed E-state index contributed by atoms with van der Waals surface area (Å²) in [6.45, 7) is 8.65. The Morgan fingerprint density at radius 3 is 2.65 bits per heavy atom. The molecule has 1 N–H and O–H groups in total. The number of aliphatic imine (C=N–C) groups is 1. The lowest BCUT2D eigenvalue weighted by atomic mass is 9.93. The Balaban J connectivity index is 0.00000341. The molecule has 172 valence electrons. The molecule has 3 atom stereocenters. The molecule has 0 aliphatic carbocycles. The summed E-state index contributed by atoms with van der Waals surface area (Å²) in [6, 6.07) is 8.78. The lowest BCUT2D eigenvalue weighted by Gasteiger charge is -2.40. The fourth-order valence-corrected chi connectivity index (χ4v) is 5.53. The number of benzene rings is 1. The second-order valence-electron chi connectivity index (χ2n) is 7.93. The number of nitrogens with one attached hydrogen (secondary N) is 1. The lowest BCUT2D eigenvalue weighted by Crippen LogP contribution is -2.52. The number of piperidine rings is 1. The van der Waals surface area contributed by atoms with Gasteiger partial charge in [0.05, 0.1) is 23.0 Å². The molecule has 0 radical (unpaired) electrons. The highest BCUT2D eigenvalue weighted by Crippen LogP contribution is 2.27. The smallest absolute Gasteiger partial charge is 0.194 e. The van der Waals surface area contributed by atoms with Crippen molar-refractivity contribution in [3.8, 4) is 0 Å². The van der Waals surface area contributed by atoms with Crippen molar-refractivity contribution in [1.29, 1.82) is 0 Å². The molecule has 3 unspecified atom stereocenters. The Labute approximate surface area is 203 Å². The van der Waals surface area contributed by atoms with E-state index in [2.05, 4.69) is 26.7 Å². The van der Waals surface area contributed by atoms with Crippen LogP contribution >= 0.6 is 24.0 Å². The number of sulfone groups is 1. The van der Waals surface area contributed by atoms with Gasteiger partial charge in [0.15, 0.2) is 15.8 Å². The number of nitrogens with zero attached hydrogens (tertiary/aromatic N) is 4. The molecule has 0 saturated carbocycles. The van der Waals surface area contributed by atoms with Gasteiger partial charge in [0.1, 0.15) is 0 Å². The van der Waals surface area contributed by atoms with Crippen LogP contribution in [0.25, 0.3) is 0 Å². The number of imidazole rings is 1. The third-order valence-corrected chi connectivity index (χ3v) is 7.61. The van der Waals surface area contributed by atoms with E-state index in [-0.39, 0.29) is 35.8 Å². The van der Waals surface area contributed by atoms with Crippen LogP contribution in [0.15, 0.2) is 58.9 Å². The Morgan fingerprint density at radius 2 is 2.03 bits per heavy atom. The lowest BCUT2D eigenvalue weighted by molar-refractivity contribution is 0.188. The number of hydrogen-bond acceptors (Lipinski definition) is 4. The van der Waals surface area contributed by atoms with Crippen molar-refractivity contribution in [2.45, 2.75) is 50.6 Å². The van der Waals surface area contributed by atoms with Crippen molar-refractivity contribution in [1.82, 2.24) is 19.8 Å². The zero-order valence-electron chi connectivity index (χ0n) is 18.5. The molecule has 1 saturated heterocycles. The van der Waals surface area contributed by atoms with Crippen LogP contribution in [-0.4, -0.2) is 60.3 Å². The third-order valence-electron chi connectivity index (χ3n) is 5.78. The summed E-state index contributed by atoms with van der Waals surface area (Å²) in [7, 11) is -3.37. The molecule has 7 nitrogen and oxygen atoms in total. The van der Waals surface area contributed by atoms with Crippen LogP contribution in [-0.2, 0) is 9.84 Å². The first-order valence-electron chi connectivity index (χ1n) is 10.8. The van der Waals surface area contributed by atoms with E-state index in [4.69, 9.17) is 4.99 Å². The number of rotatable bonds is 7. The third kappa shape index (κ3) is 6.68. The van der Waals surface area contributed by atoms with E-state index in [0.29, 0.717) is 29.8 Å². The Hall–Kier alpha value is -1.62. The van der Waals surface area contributed by atoms with Crippen LogP contribution in [0.4, 0.5) is 0 Å². The molecule has 1 aromatic carbocycles. The fraction of sp³-hybridized carbons (Fsp3) is 0.545. The van der Waals surface area contributed by atoms with Gasteiger partial charge in [-0.1, -0.05) is 32.0 Å². The highest BCUT2D eigenvalue weighted by atomic mass is 127. The quantitative estimate of drug-likeness (QED) is 0.319. The molecule has 0 amide bonds. The van der Waals surface area contributed by atoms with E-state index in [1.54, 1.807) is 24.3 Å². The van der Waals surface area contributed by atoms with Gasteiger partial charge in [0.25, 0.3) is 0 Å². The predicted molar refractivity (Wildman–Crippen MR) is 136 cm³/mol. The molecule has 0 spiro atoms. The maximum Gasteiger partial charge on any atom is 0.194 e. The SMILES string of the molecule is CCN=C(NC(CC)CS(=O)(=O)c1ccccc1)N1CCC(C)C(n2ccnc2)C1.I. The highest BCUT2D eigenvalue weighted by molar-refractivity contribution is 14.0. The van der Waals surface area contributed by atoms with E-state index in [9.17, 15) is 8.42 Å². The number of likely N-dealkylation sites (tertiary alicyclic amines) is 1. The van der Waals surface area contributed by atoms with Gasteiger partial charge >= 0.3 is 0 Å². The first-order chi connectivity index (χ1) is 14.4. The van der Waals surface area contributed by atoms with Crippen LogP contribution in [0.2, 0.25) is 0 Å². The normalized spacial score (nSPS) is 20.7. The summed E-state index contributed by atoms with van der Waals surface area (Å²) in [5.41, 5.74) is 0. The number of guanidine groups is 1. The van der Waals surface area contributed by atoms with Crippen molar-refractivity contribution in [3.05, 3.63) is 49.1 Å². The van der Waals surface area contributed by atoms with Crippen molar-refractivity contribution in [2.75, 3.05) is 25.4 Å². The second-order valence-corrected chi connectivity index (χ2v) is 9.97. The van der Waals surface area contributed by atoms with Crippen LogP contribution in [0.1, 0.15) is 39.7 Å². The molecule has 9 heteroatoms. The van der Waals surface area contributed by atoms with Crippen LogP contribution in [0.5, 0.6) is 0 Å². The molecule has 1 aliphatic rings. The average molecular weight is 560 g/mol. The van der Waals surface area contributed by atoms with Gasteiger partial charge in [-0.25, -0.2) is 13.4 Å². The zero-order chi connectivity index (χ0) is 21.6. The molecule has 0 bridgehead atoms. The van der Waals surface area contributed by atoms with Crippen molar-refractivity contribution in [3.63, 3.8) is 0 Å². The van der Waals surface area contributed by atoms with Crippen molar-refractivity contribution in [2.24, 2.45) is 10.9 Å². The molecular formula is C22H34IN5O2S. The molecular weight excluding hydrogens is 525 g/mol. The van der Waals surface area contributed by atoms with Gasteiger partial charge in [0, 0.05) is 38.1 Å². The topological polar surface area (TPSA) is 79.6 Å². The first kappa shape index (κ1) is 25.6. The Bertz CT molecular complexity index is 919. The van der Waals surface area contributed by atoms with Crippen LogP contribution in [0, 0.1) is 5.92 Å². The van der Waals surface area contributed by atoms with Crippen LogP contribution in [0.3, 0.4) is 0 Å². The van der Waals surface area contributed by atoms with Gasteiger partial charge < -0.3 is 14.8 Å². The number of aromatic nitrogens is 2. The minimum absolute atomic E-state index is 0. The zero-order valence-corrected chi connectivity index (χ0v) is 21.7. The fourth-order valence-electron chi connectivity index (χ4n) is 3.91. The highest BCUT2D eigenvalue weighted by Gasteiger charge is 2.30. The largest absolute Gasteiger partial charge is 0.352 e. The average Bonchev–Trinajstić information content (AvgIpc) is 3.28. The Kier molecular flexibility index (Phi) is 9.80. The molecule has 1 fully saturated rings. The monoisotopic (exact) mass is 559 g/mol. The van der Waals surface area contributed by atoms with Crippen molar-refractivity contribution >= 4 is 39.8 Å². The number of halogens is 1. The number of hydrogen-bond donors (Lipinski definition) is 1. The molecule has 3 rings (SSSR count). The molecule has 1 aromatic heterocycles. The summed E-state index contributed by atoms with van der Waals surface area (Å²) in [5.74, 6) is 1.38. The summed E-state index contributed by atoms with van der Waals surface area (Å²) in [5, 5.41) is 3.45. The minimum atomic E-state index is -3.37. The van der Waals surface area contributed by atoms with Gasteiger partial charge in [-0.05, 0) is 37.8 Å². The molecule has 2 aromatic rings. The second kappa shape index (κ2) is 11.8. The van der Waals surface area contributed by atoms with Gasteiger partial charge in [-0.2, -0.15) is 0 Å². The van der Waals surface area contributed by atoms with E-state index in [1.807, 2.05) is 38.6 Å². The summed E-state index contributed by atoms with van der Waals surface area (Å²) >= 11 is 0. The molecule has 1 aliphatic heterocycles.